The fraction of sp³-hybridized carbons (Fsp3) is 0.308. The van der Waals surface area contributed by atoms with Gasteiger partial charge < -0.3 is 15.4 Å². The van der Waals surface area contributed by atoms with Gasteiger partial charge in [-0.1, -0.05) is 0 Å². The Kier molecular flexibility index (Phi) is 3.87. The molecule has 1 aromatic carbocycles. The number of nitro groups is 1. The molecule has 10 heteroatoms. The van der Waals surface area contributed by atoms with Crippen LogP contribution in [0.2, 0.25) is 5.28 Å². The van der Waals surface area contributed by atoms with Crippen molar-refractivity contribution in [3.63, 3.8) is 0 Å². The molecule has 9 nitrogen and oxygen atoms in total. The minimum Gasteiger partial charge on any atom is -0.444 e. The fourth-order valence-electron chi connectivity index (χ4n) is 2.61. The molecule has 2 aromatic rings. The second-order valence-corrected chi connectivity index (χ2v) is 5.41. The number of amides is 1. The molecule has 1 amide bonds. The zero-order chi connectivity index (χ0) is 16.6. The number of aromatic nitrogens is 2. The average Bonchev–Trinajstić information content (AvgIpc) is 2.93. The Morgan fingerprint density at radius 3 is 2.96 bits per heavy atom. The van der Waals surface area contributed by atoms with Crippen LogP contribution in [-0.4, -0.2) is 40.2 Å². The number of halogens is 1. The van der Waals surface area contributed by atoms with E-state index in [4.69, 9.17) is 22.1 Å². The number of carbonyl (C=O) groups is 1. The van der Waals surface area contributed by atoms with Crippen molar-refractivity contribution in [1.82, 2.24) is 9.97 Å². The standard InChI is InChI=1S/C13H12ClN5O4/c14-12-16-10-5-7(19(21)22)1-2-9(10)11(17-12)18-4-3-8(6-18)23-13(15)20/h1-2,5,8H,3-4,6H2,(H2,15,20). The first-order valence-corrected chi connectivity index (χ1v) is 7.14. The maximum absolute atomic E-state index is 10.9. The molecule has 0 saturated carbocycles. The van der Waals surface area contributed by atoms with Gasteiger partial charge in [0.05, 0.1) is 17.0 Å². The number of hydrogen-bond donors (Lipinski definition) is 1. The second kappa shape index (κ2) is 5.84. The molecule has 1 aromatic heterocycles. The van der Waals surface area contributed by atoms with Gasteiger partial charge in [-0.2, -0.15) is 4.98 Å². The van der Waals surface area contributed by atoms with Crippen molar-refractivity contribution in [3.05, 3.63) is 33.6 Å². The van der Waals surface area contributed by atoms with E-state index in [1.807, 2.05) is 4.90 Å². The van der Waals surface area contributed by atoms with Crippen LogP contribution >= 0.6 is 11.6 Å². The van der Waals surface area contributed by atoms with Crippen LogP contribution in [-0.2, 0) is 4.74 Å². The van der Waals surface area contributed by atoms with Gasteiger partial charge in [0, 0.05) is 30.5 Å². The van der Waals surface area contributed by atoms with Gasteiger partial charge in [0.25, 0.3) is 5.69 Å². The minimum absolute atomic E-state index is 0.00716. The number of carbonyl (C=O) groups excluding carboxylic acids is 1. The van der Waals surface area contributed by atoms with Crippen LogP contribution in [0.3, 0.4) is 0 Å². The van der Waals surface area contributed by atoms with Crippen LogP contribution in [0, 0.1) is 10.1 Å². The number of benzene rings is 1. The van der Waals surface area contributed by atoms with E-state index in [-0.39, 0.29) is 17.1 Å². The Morgan fingerprint density at radius 1 is 1.48 bits per heavy atom. The van der Waals surface area contributed by atoms with Gasteiger partial charge in [-0.05, 0) is 17.7 Å². The molecular formula is C13H12ClN5O4. The number of nitrogens with two attached hydrogens (primary N) is 1. The third-order valence-corrected chi connectivity index (χ3v) is 3.74. The molecule has 0 spiro atoms. The van der Waals surface area contributed by atoms with E-state index in [0.717, 1.165) is 0 Å². The highest BCUT2D eigenvalue weighted by Crippen LogP contribution is 2.30. The summed E-state index contributed by atoms with van der Waals surface area (Å²) < 4.78 is 4.99. The molecule has 3 rings (SSSR count). The first-order valence-electron chi connectivity index (χ1n) is 6.77. The molecule has 2 heterocycles. The van der Waals surface area contributed by atoms with E-state index in [9.17, 15) is 14.9 Å². The van der Waals surface area contributed by atoms with Gasteiger partial charge in [0.1, 0.15) is 11.9 Å². The van der Waals surface area contributed by atoms with Crippen LogP contribution in [0.4, 0.5) is 16.3 Å². The highest BCUT2D eigenvalue weighted by Gasteiger charge is 2.28. The van der Waals surface area contributed by atoms with E-state index in [1.54, 1.807) is 6.07 Å². The van der Waals surface area contributed by atoms with Gasteiger partial charge >= 0.3 is 6.09 Å². The molecule has 1 atom stereocenters. The molecule has 1 fully saturated rings. The van der Waals surface area contributed by atoms with E-state index in [2.05, 4.69) is 9.97 Å². The van der Waals surface area contributed by atoms with Crippen LogP contribution < -0.4 is 10.6 Å². The Bertz CT molecular complexity index is 799. The summed E-state index contributed by atoms with van der Waals surface area (Å²) in [6, 6.07) is 4.32. The number of non-ortho nitro benzene ring substituents is 1. The van der Waals surface area contributed by atoms with E-state index in [1.165, 1.54) is 12.1 Å². The lowest BCUT2D eigenvalue weighted by Gasteiger charge is -2.19. The van der Waals surface area contributed by atoms with Gasteiger partial charge in [0.15, 0.2) is 0 Å². The highest BCUT2D eigenvalue weighted by molar-refractivity contribution is 6.28. The Balaban J connectivity index is 1.98. The van der Waals surface area contributed by atoms with Crippen molar-refractivity contribution < 1.29 is 14.5 Å². The zero-order valence-corrected chi connectivity index (χ0v) is 12.6. The molecular weight excluding hydrogens is 326 g/mol. The maximum Gasteiger partial charge on any atom is 0.404 e. The molecule has 120 valence electrons. The largest absolute Gasteiger partial charge is 0.444 e. The number of anilines is 1. The number of nitro benzene ring substituents is 1. The third-order valence-electron chi connectivity index (χ3n) is 3.57. The smallest absolute Gasteiger partial charge is 0.404 e. The monoisotopic (exact) mass is 337 g/mol. The van der Waals surface area contributed by atoms with Crippen molar-refractivity contribution in [2.75, 3.05) is 18.0 Å². The normalized spacial score (nSPS) is 17.4. The van der Waals surface area contributed by atoms with Gasteiger partial charge in [-0.15, -0.1) is 0 Å². The zero-order valence-electron chi connectivity index (χ0n) is 11.8. The fourth-order valence-corrected chi connectivity index (χ4v) is 2.78. The van der Waals surface area contributed by atoms with Crippen molar-refractivity contribution in [2.45, 2.75) is 12.5 Å². The second-order valence-electron chi connectivity index (χ2n) is 5.07. The van der Waals surface area contributed by atoms with E-state index < -0.39 is 11.0 Å². The summed E-state index contributed by atoms with van der Waals surface area (Å²) in [4.78, 5) is 31.3. The van der Waals surface area contributed by atoms with Gasteiger partial charge in [-0.25, -0.2) is 9.78 Å². The summed E-state index contributed by atoms with van der Waals surface area (Å²) >= 11 is 5.93. The van der Waals surface area contributed by atoms with Crippen LogP contribution in [0.1, 0.15) is 6.42 Å². The first kappa shape index (κ1) is 15.2. The lowest BCUT2D eigenvalue weighted by Crippen LogP contribution is -2.27. The molecule has 1 aliphatic heterocycles. The summed E-state index contributed by atoms with van der Waals surface area (Å²) in [5.74, 6) is 0.547. The predicted octanol–water partition coefficient (Wildman–Crippen LogP) is 1.87. The SMILES string of the molecule is NC(=O)OC1CCN(c2nc(Cl)nc3cc([N+](=O)[O-])ccc23)C1. The summed E-state index contributed by atoms with van der Waals surface area (Å²) in [5, 5.41) is 11.5. The number of fused-ring (bicyclic) bond motifs is 1. The minimum atomic E-state index is -0.821. The van der Waals surface area contributed by atoms with Crippen molar-refractivity contribution in [3.8, 4) is 0 Å². The highest BCUT2D eigenvalue weighted by atomic mass is 35.5. The molecule has 0 radical (unpaired) electrons. The molecule has 1 unspecified atom stereocenters. The van der Waals surface area contributed by atoms with Crippen molar-refractivity contribution >= 4 is 40.1 Å². The number of ether oxygens (including phenoxy) is 1. The molecule has 0 aliphatic carbocycles. The molecule has 1 aliphatic rings. The van der Waals surface area contributed by atoms with E-state index >= 15 is 0 Å². The quantitative estimate of drug-likeness (QED) is 0.514. The summed E-state index contributed by atoms with van der Waals surface area (Å²) in [7, 11) is 0. The Hall–Kier alpha value is -2.68. The first-order chi connectivity index (χ1) is 10.9. The number of rotatable bonds is 3. The molecule has 2 N–H and O–H groups in total. The lowest BCUT2D eigenvalue weighted by molar-refractivity contribution is -0.384. The summed E-state index contributed by atoms with van der Waals surface area (Å²) in [5.41, 5.74) is 5.33. The van der Waals surface area contributed by atoms with Gasteiger partial charge in [-0.3, -0.25) is 10.1 Å². The number of nitrogens with zero attached hydrogens (tertiary/aromatic N) is 4. The maximum atomic E-state index is 10.9. The number of primary amides is 1. The van der Waals surface area contributed by atoms with Crippen molar-refractivity contribution in [2.24, 2.45) is 5.73 Å². The van der Waals surface area contributed by atoms with Crippen LogP contribution in [0.25, 0.3) is 10.9 Å². The summed E-state index contributed by atoms with van der Waals surface area (Å²) in [6.07, 6.45) is -0.536. The van der Waals surface area contributed by atoms with Crippen molar-refractivity contribution in [1.29, 1.82) is 0 Å². The van der Waals surface area contributed by atoms with Gasteiger partial charge in [0.2, 0.25) is 5.28 Å². The van der Waals surface area contributed by atoms with E-state index in [0.29, 0.717) is 36.2 Å². The topological polar surface area (TPSA) is 124 Å². The Labute approximate surface area is 135 Å². The van der Waals surface area contributed by atoms with Crippen LogP contribution in [0.15, 0.2) is 18.2 Å². The Morgan fingerprint density at radius 2 is 2.26 bits per heavy atom. The lowest BCUT2D eigenvalue weighted by atomic mass is 10.2. The number of hydrogen-bond acceptors (Lipinski definition) is 7. The predicted molar refractivity (Wildman–Crippen MR) is 82.5 cm³/mol. The van der Waals surface area contributed by atoms with Crippen LogP contribution in [0.5, 0.6) is 0 Å². The average molecular weight is 338 g/mol. The molecule has 0 bridgehead atoms. The molecule has 1 saturated heterocycles. The molecule has 23 heavy (non-hydrogen) atoms. The third kappa shape index (κ3) is 3.09. The summed E-state index contributed by atoms with van der Waals surface area (Å²) in [6.45, 7) is 1.01.